The molecule has 29 heavy (non-hydrogen) atoms. The smallest absolute Gasteiger partial charge is 0.409 e. The summed E-state index contributed by atoms with van der Waals surface area (Å²) < 4.78 is 19.3. The Morgan fingerprint density at radius 2 is 1.97 bits per heavy atom. The molecule has 2 aromatic rings. The predicted molar refractivity (Wildman–Crippen MR) is 105 cm³/mol. The first kappa shape index (κ1) is 19.3. The maximum absolute atomic E-state index is 14.2. The first-order chi connectivity index (χ1) is 14.1. The normalized spacial score (nSPS) is 19.1. The van der Waals surface area contributed by atoms with Crippen molar-refractivity contribution >= 4 is 17.8 Å². The van der Waals surface area contributed by atoms with Crippen molar-refractivity contribution in [3.63, 3.8) is 0 Å². The minimum absolute atomic E-state index is 0.0572. The molecule has 0 unspecified atom stereocenters. The lowest BCUT2D eigenvalue weighted by atomic mass is 9.82. The van der Waals surface area contributed by atoms with Crippen molar-refractivity contribution < 1.29 is 18.7 Å². The maximum atomic E-state index is 14.2. The Morgan fingerprint density at radius 1 is 1.21 bits per heavy atom. The highest BCUT2D eigenvalue weighted by Crippen LogP contribution is 2.33. The van der Waals surface area contributed by atoms with Crippen molar-refractivity contribution in [2.75, 3.05) is 37.7 Å². The van der Waals surface area contributed by atoms with Gasteiger partial charge in [0.2, 0.25) is 5.95 Å². The highest BCUT2D eigenvalue weighted by Gasteiger charge is 2.30. The second-order valence-electron chi connectivity index (χ2n) is 7.25. The molecule has 0 N–H and O–H groups in total. The van der Waals surface area contributed by atoms with Crippen LogP contribution in [0.4, 0.5) is 15.1 Å². The zero-order chi connectivity index (χ0) is 20.4. The molecular formula is C21H23FN4O3. The number of amides is 1. The molecule has 4 rings (SSSR count). The molecule has 1 atom stereocenters. The number of ketones is 1. The molecular weight excluding hydrogens is 375 g/mol. The summed E-state index contributed by atoms with van der Waals surface area (Å²) in [7, 11) is 0. The van der Waals surface area contributed by atoms with Crippen LogP contribution in [0.3, 0.4) is 0 Å². The molecule has 1 saturated heterocycles. The van der Waals surface area contributed by atoms with Crippen LogP contribution < -0.4 is 4.90 Å². The van der Waals surface area contributed by atoms with E-state index in [2.05, 4.69) is 9.97 Å². The number of benzene rings is 1. The van der Waals surface area contributed by atoms with E-state index < -0.39 is 0 Å². The van der Waals surface area contributed by atoms with Crippen molar-refractivity contribution in [2.45, 2.75) is 25.7 Å². The van der Waals surface area contributed by atoms with Gasteiger partial charge in [0.1, 0.15) is 5.82 Å². The summed E-state index contributed by atoms with van der Waals surface area (Å²) >= 11 is 0. The standard InChI is InChI=1S/C21H23FN4O3/c1-2-29-21(28)26-9-7-25(8-10-26)20-23-13-16-18(24-20)11-14(12-19(16)27)15-5-3-4-6-17(15)22/h3-6,13-14H,2,7-12H2,1H3/t14-/m0/s1. The number of ether oxygens (including phenoxy) is 1. The molecule has 0 saturated carbocycles. The van der Waals surface area contributed by atoms with Gasteiger partial charge in [0.25, 0.3) is 0 Å². The Bertz CT molecular complexity index is 928. The van der Waals surface area contributed by atoms with Gasteiger partial charge in [0.15, 0.2) is 5.78 Å². The van der Waals surface area contributed by atoms with E-state index >= 15 is 0 Å². The van der Waals surface area contributed by atoms with Crippen molar-refractivity contribution in [1.29, 1.82) is 0 Å². The second-order valence-corrected chi connectivity index (χ2v) is 7.25. The van der Waals surface area contributed by atoms with Crippen LogP contribution in [-0.4, -0.2) is 59.5 Å². The van der Waals surface area contributed by atoms with E-state index in [9.17, 15) is 14.0 Å². The number of carbonyl (C=O) groups excluding carboxylic acids is 2. The SMILES string of the molecule is CCOC(=O)N1CCN(c2ncc3c(n2)C[C@H](c2ccccc2F)CC3=O)CC1. The zero-order valence-corrected chi connectivity index (χ0v) is 16.3. The summed E-state index contributed by atoms with van der Waals surface area (Å²) in [6.45, 7) is 4.35. The van der Waals surface area contributed by atoms with E-state index in [0.717, 1.165) is 0 Å². The number of carbonyl (C=O) groups is 2. The van der Waals surface area contributed by atoms with Gasteiger partial charge in [-0.2, -0.15) is 0 Å². The maximum Gasteiger partial charge on any atom is 0.409 e. The number of hydrogen-bond acceptors (Lipinski definition) is 6. The largest absolute Gasteiger partial charge is 0.450 e. The number of piperazine rings is 1. The average Bonchev–Trinajstić information content (AvgIpc) is 2.74. The monoisotopic (exact) mass is 398 g/mol. The number of anilines is 1. The number of nitrogens with zero attached hydrogens (tertiary/aromatic N) is 4. The molecule has 2 aliphatic rings. The summed E-state index contributed by atoms with van der Waals surface area (Å²) in [5, 5.41) is 0. The van der Waals surface area contributed by atoms with Gasteiger partial charge < -0.3 is 14.5 Å². The van der Waals surface area contributed by atoms with Gasteiger partial charge in [-0.15, -0.1) is 0 Å². The van der Waals surface area contributed by atoms with Crippen LogP contribution in [0.15, 0.2) is 30.5 Å². The van der Waals surface area contributed by atoms with Gasteiger partial charge >= 0.3 is 6.09 Å². The average molecular weight is 398 g/mol. The third-order valence-electron chi connectivity index (χ3n) is 5.46. The van der Waals surface area contributed by atoms with Gasteiger partial charge in [0.05, 0.1) is 17.9 Å². The first-order valence-corrected chi connectivity index (χ1v) is 9.87. The predicted octanol–water partition coefficient (Wildman–Crippen LogP) is 2.81. The fourth-order valence-corrected chi connectivity index (χ4v) is 3.92. The van der Waals surface area contributed by atoms with E-state index in [4.69, 9.17) is 4.74 Å². The van der Waals surface area contributed by atoms with Crippen molar-refractivity contribution in [1.82, 2.24) is 14.9 Å². The molecule has 1 fully saturated rings. The Morgan fingerprint density at radius 3 is 2.69 bits per heavy atom. The van der Waals surface area contributed by atoms with Gasteiger partial charge in [0, 0.05) is 38.8 Å². The summed E-state index contributed by atoms with van der Waals surface area (Å²) in [6.07, 6.45) is 2.03. The van der Waals surface area contributed by atoms with Gasteiger partial charge in [-0.05, 0) is 30.9 Å². The number of fused-ring (bicyclic) bond motifs is 1. The number of hydrogen-bond donors (Lipinski definition) is 0. The van der Waals surface area contributed by atoms with Crippen LogP contribution in [0, 0.1) is 5.82 Å². The number of halogens is 1. The van der Waals surface area contributed by atoms with Crippen molar-refractivity contribution in [3.05, 3.63) is 53.1 Å². The quantitative estimate of drug-likeness (QED) is 0.791. The summed E-state index contributed by atoms with van der Waals surface area (Å²) in [5.41, 5.74) is 1.73. The molecule has 1 aliphatic heterocycles. The molecule has 0 bridgehead atoms. The second kappa shape index (κ2) is 8.14. The molecule has 0 spiro atoms. The zero-order valence-electron chi connectivity index (χ0n) is 16.3. The Balaban J connectivity index is 1.50. The molecule has 152 valence electrons. The summed E-state index contributed by atoms with van der Waals surface area (Å²) in [6, 6.07) is 6.58. The Kier molecular flexibility index (Phi) is 5.42. The number of aromatic nitrogens is 2. The van der Waals surface area contributed by atoms with Crippen LogP contribution in [-0.2, 0) is 11.2 Å². The van der Waals surface area contributed by atoms with E-state index in [0.29, 0.717) is 62.0 Å². The summed E-state index contributed by atoms with van der Waals surface area (Å²) in [5.74, 6) is -0.0369. The van der Waals surface area contributed by atoms with Crippen LogP contribution in [0.25, 0.3) is 0 Å². The molecule has 7 nitrogen and oxygen atoms in total. The van der Waals surface area contributed by atoms with E-state index in [1.165, 1.54) is 6.07 Å². The highest BCUT2D eigenvalue weighted by molar-refractivity contribution is 5.98. The lowest BCUT2D eigenvalue weighted by Gasteiger charge is -2.34. The third kappa shape index (κ3) is 3.92. The topological polar surface area (TPSA) is 75.6 Å². The van der Waals surface area contributed by atoms with Crippen LogP contribution in [0.5, 0.6) is 0 Å². The highest BCUT2D eigenvalue weighted by atomic mass is 19.1. The lowest BCUT2D eigenvalue weighted by Crippen LogP contribution is -2.49. The number of rotatable bonds is 3. The minimum atomic E-state index is -0.308. The van der Waals surface area contributed by atoms with Crippen molar-refractivity contribution in [2.24, 2.45) is 0 Å². The van der Waals surface area contributed by atoms with Gasteiger partial charge in [-0.25, -0.2) is 19.2 Å². The fourth-order valence-electron chi connectivity index (χ4n) is 3.92. The van der Waals surface area contributed by atoms with E-state index in [1.807, 2.05) is 4.90 Å². The van der Waals surface area contributed by atoms with E-state index in [1.54, 1.807) is 36.2 Å². The van der Waals surface area contributed by atoms with Crippen LogP contribution >= 0.6 is 0 Å². The Labute approximate surface area is 168 Å². The van der Waals surface area contributed by atoms with Crippen LogP contribution in [0.1, 0.15) is 40.9 Å². The molecule has 1 aromatic carbocycles. The molecule has 1 aromatic heterocycles. The third-order valence-corrected chi connectivity index (χ3v) is 5.46. The van der Waals surface area contributed by atoms with E-state index in [-0.39, 0.29) is 30.0 Å². The van der Waals surface area contributed by atoms with Crippen molar-refractivity contribution in [3.8, 4) is 0 Å². The Hall–Kier alpha value is -3.03. The molecule has 8 heteroatoms. The van der Waals surface area contributed by atoms with Gasteiger partial charge in [-0.3, -0.25) is 4.79 Å². The number of Topliss-reactive ketones (excluding diaryl/α,β-unsaturated/α-hetero) is 1. The van der Waals surface area contributed by atoms with Crippen LogP contribution in [0.2, 0.25) is 0 Å². The summed E-state index contributed by atoms with van der Waals surface area (Å²) in [4.78, 5) is 37.1. The fraction of sp³-hybridized carbons (Fsp3) is 0.429. The molecule has 2 heterocycles. The lowest BCUT2D eigenvalue weighted by molar-refractivity contribution is 0.0960. The first-order valence-electron chi connectivity index (χ1n) is 9.87. The van der Waals surface area contributed by atoms with Gasteiger partial charge in [-0.1, -0.05) is 18.2 Å². The molecule has 1 amide bonds. The molecule has 0 radical (unpaired) electrons. The minimum Gasteiger partial charge on any atom is -0.450 e. The molecule has 1 aliphatic carbocycles.